The molecule has 2 aromatic rings. The van der Waals surface area contributed by atoms with E-state index in [-0.39, 0.29) is 23.3 Å². The van der Waals surface area contributed by atoms with E-state index < -0.39 is 0 Å². The van der Waals surface area contributed by atoms with Crippen LogP contribution in [-0.2, 0) is 17.9 Å². The Morgan fingerprint density at radius 1 is 1.21 bits per heavy atom. The van der Waals surface area contributed by atoms with Crippen LogP contribution >= 0.6 is 0 Å². The molecule has 3 amide bonds. The van der Waals surface area contributed by atoms with Crippen molar-refractivity contribution in [2.45, 2.75) is 25.9 Å². The third-order valence-corrected chi connectivity index (χ3v) is 5.95. The van der Waals surface area contributed by atoms with E-state index in [1.165, 1.54) is 0 Å². The molecule has 1 spiro atoms. The molecule has 1 aromatic carbocycles. The van der Waals surface area contributed by atoms with Gasteiger partial charge in [0.2, 0.25) is 5.91 Å². The molecule has 4 rings (SSSR count). The standard InChI is InChI=1S/C22H26N4O2/c1-25(15-18-9-5-6-11-23-18)20(27)19-13-22(19)10-12-26(16-22)21(28)24-14-17-7-3-2-4-8-17/h2-9,11,19H,10,12-16H2,1H3,(H,24,28)/t19-,22-/m1/s1. The Labute approximate surface area is 165 Å². The summed E-state index contributed by atoms with van der Waals surface area (Å²) >= 11 is 0. The van der Waals surface area contributed by atoms with Gasteiger partial charge in [0.25, 0.3) is 0 Å². The Morgan fingerprint density at radius 3 is 2.75 bits per heavy atom. The summed E-state index contributed by atoms with van der Waals surface area (Å²) in [5.74, 6) is 0.185. The van der Waals surface area contributed by atoms with Gasteiger partial charge < -0.3 is 15.1 Å². The molecule has 28 heavy (non-hydrogen) atoms. The zero-order chi connectivity index (χ0) is 19.6. The molecule has 146 valence electrons. The number of hydrogen-bond donors (Lipinski definition) is 1. The van der Waals surface area contributed by atoms with E-state index in [0.717, 1.165) is 24.1 Å². The second-order valence-electron chi connectivity index (χ2n) is 7.95. The Kier molecular flexibility index (Phi) is 5.03. The van der Waals surface area contributed by atoms with Gasteiger partial charge in [0.1, 0.15) is 0 Å². The number of carbonyl (C=O) groups excluding carboxylic acids is 2. The zero-order valence-corrected chi connectivity index (χ0v) is 16.2. The fraction of sp³-hybridized carbons (Fsp3) is 0.409. The summed E-state index contributed by atoms with van der Waals surface area (Å²) in [5, 5.41) is 2.99. The number of rotatable bonds is 5. The molecule has 2 aliphatic rings. The number of aromatic nitrogens is 1. The molecule has 1 saturated carbocycles. The number of nitrogens with zero attached hydrogens (tertiary/aromatic N) is 3. The Hall–Kier alpha value is -2.89. The topological polar surface area (TPSA) is 65.5 Å². The number of hydrogen-bond acceptors (Lipinski definition) is 3. The van der Waals surface area contributed by atoms with Gasteiger partial charge in [0, 0.05) is 44.2 Å². The smallest absolute Gasteiger partial charge is 0.317 e. The van der Waals surface area contributed by atoms with E-state index in [4.69, 9.17) is 0 Å². The maximum Gasteiger partial charge on any atom is 0.317 e. The molecule has 1 saturated heterocycles. The highest BCUT2D eigenvalue weighted by molar-refractivity contribution is 5.83. The molecular weight excluding hydrogens is 352 g/mol. The average molecular weight is 378 g/mol. The maximum absolute atomic E-state index is 12.8. The van der Waals surface area contributed by atoms with Crippen LogP contribution in [0.15, 0.2) is 54.7 Å². The Bertz CT molecular complexity index is 842. The lowest BCUT2D eigenvalue weighted by atomic mass is 10.0. The minimum Gasteiger partial charge on any atom is -0.340 e. The van der Waals surface area contributed by atoms with Crippen molar-refractivity contribution in [3.63, 3.8) is 0 Å². The fourth-order valence-corrected chi connectivity index (χ4v) is 4.18. The van der Waals surface area contributed by atoms with Crippen LogP contribution in [0.1, 0.15) is 24.1 Å². The summed E-state index contributed by atoms with van der Waals surface area (Å²) < 4.78 is 0. The van der Waals surface area contributed by atoms with E-state index >= 15 is 0 Å². The van der Waals surface area contributed by atoms with E-state index in [1.54, 1.807) is 11.1 Å². The van der Waals surface area contributed by atoms with Crippen molar-refractivity contribution < 1.29 is 9.59 Å². The summed E-state index contributed by atoms with van der Waals surface area (Å²) in [6.07, 6.45) is 3.52. The molecule has 1 aromatic heterocycles. The largest absolute Gasteiger partial charge is 0.340 e. The Morgan fingerprint density at radius 2 is 2.00 bits per heavy atom. The van der Waals surface area contributed by atoms with Crippen molar-refractivity contribution in [3.8, 4) is 0 Å². The van der Waals surface area contributed by atoms with Gasteiger partial charge in [-0.05, 0) is 30.5 Å². The first-order valence-corrected chi connectivity index (χ1v) is 9.79. The van der Waals surface area contributed by atoms with Crippen LogP contribution in [0.4, 0.5) is 4.79 Å². The third-order valence-electron chi connectivity index (χ3n) is 5.95. The number of benzene rings is 1. The quantitative estimate of drug-likeness (QED) is 0.870. The maximum atomic E-state index is 12.8. The average Bonchev–Trinajstić information content (AvgIpc) is 3.26. The third kappa shape index (κ3) is 3.86. The molecule has 6 nitrogen and oxygen atoms in total. The molecule has 1 aliphatic heterocycles. The first-order chi connectivity index (χ1) is 13.6. The number of amides is 3. The summed E-state index contributed by atoms with van der Waals surface area (Å²) in [6.45, 7) is 2.43. The van der Waals surface area contributed by atoms with Gasteiger partial charge in [0.15, 0.2) is 0 Å². The Balaban J connectivity index is 1.28. The van der Waals surface area contributed by atoms with Crippen LogP contribution in [0, 0.1) is 11.3 Å². The number of nitrogens with one attached hydrogen (secondary N) is 1. The fourth-order valence-electron chi connectivity index (χ4n) is 4.18. The van der Waals surface area contributed by atoms with Crippen molar-refractivity contribution in [1.82, 2.24) is 20.1 Å². The van der Waals surface area contributed by atoms with E-state index in [1.807, 2.05) is 60.5 Å². The molecule has 2 fully saturated rings. The minimum atomic E-state index is -0.0410. The van der Waals surface area contributed by atoms with Gasteiger partial charge in [0.05, 0.1) is 12.2 Å². The lowest BCUT2D eigenvalue weighted by molar-refractivity contribution is -0.132. The van der Waals surface area contributed by atoms with Gasteiger partial charge >= 0.3 is 6.03 Å². The van der Waals surface area contributed by atoms with Gasteiger partial charge in [-0.2, -0.15) is 0 Å². The van der Waals surface area contributed by atoms with Gasteiger partial charge in [-0.25, -0.2) is 4.79 Å². The molecule has 2 atom stereocenters. The van der Waals surface area contributed by atoms with Crippen LogP contribution < -0.4 is 5.32 Å². The van der Waals surface area contributed by atoms with Crippen molar-refractivity contribution in [2.75, 3.05) is 20.1 Å². The highest BCUT2D eigenvalue weighted by Gasteiger charge is 2.61. The summed E-state index contributed by atoms with van der Waals surface area (Å²) in [5.41, 5.74) is 1.95. The SMILES string of the molecule is CN(Cc1ccccn1)C(=O)[C@H]1C[C@@]12CCN(C(=O)NCc1ccccc1)C2. The molecule has 0 unspecified atom stereocenters. The van der Waals surface area contributed by atoms with E-state index in [2.05, 4.69) is 10.3 Å². The lowest BCUT2D eigenvalue weighted by Gasteiger charge is -2.20. The predicted octanol–water partition coefficient (Wildman–Crippen LogP) is 2.66. The molecular formula is C22H26N4O2. The lowest BCUT2D eigenvalue weighted by Crippen LogP contribution is -2.38. The molecule has 1 N–H and O–H groups in total. The van der Waals surface area contributed by atoms with Crippen molar-refractivity contribution in [1.29, 1.82) is 0 Å². The molecule has 0 bridgehead atoms. The number of pyridine rings is 1. The highest BCUT2D eigenvalue weighted by atomic mass is 16.2. The van der Waals surface area contributed by atoms with Gasteiger partial charge in [-0.1, -0.05) is 36.4 Å². The van der Waals surface area contributed by atoms with Crippen LogP contribution in [0.3, 0.4) is 0 Å². The van der Waals surface area contributed by atoms with Crippen LogP contribution in [0.25, 0.3) is 0 Å². The monoisotopic (exact) mass is 378 g/mol. The second kappa shape index (κ2) is 7.62. The highest BCUT2D eigenvalue weighted by Crippen LogP contribution is 2.59. The van der Waals surface area contributed by atoms with E-state index in [9.17, 15) is 9.59 Å². The van der Waals surface area contributed by atoms with Crippen molar-refractivity contribution in [2.24, 2.45) is 11.3 Å². The van der Waals surface area contributed by atoms with Crippen LogP contribution in [-0.4, -0.2) is 46.9 Å². The molecule has 6 heteroatoms. The molecule has 2 heterocycles. The second-order valence-corrected chi connectivity index (χ2v) is 7.95. The van der Waals surface area contributed by atoms with Crippen LogP contribution in [0.2, 0.25) is 0 Å². The minimum absolute atomic E-state index is 0.0214. The number of urea groups is 1. The molecule has 1 aliphatic carbocycles. The molecule has 0 radical (unpaired) electrons. The first kappa shape index (κ1) is 18.5. The summed E-state index contributed by atoms with van der Waals surface area (Å²) in [7, 11) is 1.84. The summed E-state index contributed by atoms with van der Waals surface area (Å²) in [6, 6.07) is 15.6. The van der Waals surface area contributed by atoms with Gasteiger partial charge in [-0.15, -0.1) is 0 Å². The summed E-state index contributed by atoms with van der Waals surface area (Å²) in [4.78, 5) is 33.2. The normalized spacial score (nSPS) is 22.9. The van der Waals surface area contributed by atoms with Crippen molar-refractivity contribution in [3.05, 3.63) is 66.0 Å². The first-order valence-electron chi connectivity index (χ1n) is 9.79. The number of likely N-dealkylation sites (tertiary alicyclic amines) is 1. The zero-order valence-electron chi connectivity index (χ0n) is 16.2. The van der Waals surface area contributed by atoms with Crippen LogP contribution in [0.5, 0.6) is 0 Å². The van der Waals surface area contributed by atoms with E-state index in [0.29, 0.717) is 26.2 Å². The van der Waals surface area contributed by atoms with Crippen molar-refractivity contribution >= 4 is 11.9 Å². The number of carbonyl (C=O) groups is 2. The van der Waals surface area contributed by atoms with Gasteiger partial charge in [-0.3, -0.25) is 9.78 Å². The predicted molar refractivity (Wildman–Crippen MR) is 106 cm³/mol.